The minimum absolute atomic E-state index is 0.130. The zero-order chi connectivity index (χ0) is 15.2. The van der Waals surface area contributed by atoms with E-state index >= 15 is 0 Å². The quantitative estimate of drug-likeness (QED) is 0.796. The fourth-order valence-electron chi connectivity index (χ4n) is 1.74. The summed E-state index contributed by atoms with van der Waals surface area (Å²) in [5, 5.41) is 18.2. The minimum atomic E-state index is -1.18. The molecule has 0 radical (unpaired) electrons. The molecule has 21 heavy (non-hydrogen) atoms. The summed E-state index contributed by atoms with van der Waals surface area (Å²) < 4.78 is 5.63. The van der Waals surface area contributed by atoms with Crippen molar-refractivity contribution in [1.82, 2.24) is 4.98 Å². The molecule has 0 aliphatic carbocycles. The van der Waals surface area contributed by atoms with E-state index in [0.717, 1.165) is 5.56 Å². The molecule has 0 bridgehead atoms. The van der Waals surface area contributed by atoms with Crippen LogP contribution in [0.1, 0.15) is 17.0 Å². The van der Waals surface area contributed by atoms with Crippen molar-refractivity contribution in [2.75, 3.05) is 0 Å². The third kappa shape index (κ3) is 3.67. The van der Waals surface area contributed by atoms with Gasteiger partial charge in [-0.15, -0.1) is 0 Å². The summed E-state index contributed by atoms with van der Waals surface area (Å²) in [5.41, 5.74) is 1.27. The highest BCUT2D eigenvalue weighted by Gasteiger charge is 2.16. The number of carbonyl (C=O) groups is 1. The van der Waals surface area contributed by atoms with Gasteiger partial charge in [-0.3, -0.25) is 0 Å². The number of nitrogens with zero attached hydrogens (tertiary/aromatic N) is 1. The molecule has 5 nitrogen and oxygen atoms in total. The van der Waals surface area contributed by atoms with Crippen LogP contribution in [0.3, 0.4) is 0 Å². The lowest BCUT2D eigenvalue weighted by Gasteiger charge is -2.12. The van der Waals surface area contributed by atoms with Crippen molar-refractivity contribution in [3.8, 4) is 5.75 Å². The molecule has 1 aromatic heterocycles. The average Bonchev–Trinajstić information content (AvgIpc) is 2.53. The number of rotatable bonds is 6. The lowest BCUT2D eigenvalue weighted by atomic mass is 10.1. The molecule has 2 rings (SSSR count). The first kappa shape index (κ1) is 14.7. The van der Waals surface area contributed by atoms with Crippen molar-refractivity contribution in [2.45, 2.75) is 13.2 Å². The third-order valence-electron chi connectivity index (χ3n) is 2.86. The molecule has 1 aromatic carbocycles. The molecular weight excluding hydrogens is 270 g/mol. The molecule has 0 atom stereocenters. The summed E-state index contributed by atoms with van der Waals surface area (Å²) in [7, 11) is 0. The number of pyridine rings is 1. The molecule has 5 heteroatoms. The maximum atomic E-state index is 11.1. The van der Waals surface area contributed by atoms with Crippen LogP contribution < -0.4 is 4.74 Å². The summed E-state index contributed by atoms with van der Waals surface area (Å²) in [4.78, 5) is 15.1. The van der Waals surface area contributed by atoms with E-state index in [1.54, 1.807) is 12.1 Å². The second-order valence-electron chi connectivity index (χ2n) is 4.37. The Hall–Kier alpha value is -2.66. The smallest absolute Gasteiger partial charge is 0.337 e. The summed E-state index contributed by atoms with van der Waals surface area (Å²) in [5.74, 6) is -0.856. The van der Waals surface area contributed by atoms with E-state index in [0.29, 0.717) is 18.1 Å². The van der Waals surface area contributed by atoms with Crippen LogP contribution in [0.15, 0.2) is 49.0 Å². The van der Waals surface area contributed by atoms with E-state index in [-0.39, 0.29) is 17.9 Å². The van der Waals surface area contributed by atoms with Crippen molar-refractivity contribution < 1.29 is 19.7 Å². The van der Waals surface area contributed by atoms with Crippen LogP contribution in [-0.2, 0) is 18.0 Å². The highest BCUT2D eigenvalue weighted by atomic mass is 16.5. The van der Waals surface area contributed by atoms with Crippen molar-refractivity contribution in [2.24, 2.45) is 0 Å². The molecule has 2 N–H and O–H groups in total. The lowest BCUT2D eigenvalue weighted by Crippen LogP contribution is -2.06. The summed E-state index contributed by atoms with van der Waals surface area (Å²) in [6, 6.07) is 12.7. The van der Waals surface area contributed by atoms with Gasteiger partial charge in [-0.1, -0.05) is 36.9 Å². The van der Waals surface area contributed by atoms with E-state index in [9.17, 15) is 4.79 Å². The summed E-state index contributed by atoms with van der Waals surface area (Å²) >= 11 is 0. The third-order valence-corrected chi connectivity index (χ3v) is 2.86. The normalized spacial score (nSPS) is 10.1. The predicted molar refractivity (Wildman–Crippen MR) is 77.6 cm³/mol. The molecule has 0 saturated carbocycles. The number of aromatic nitrogens is 1. The van der Waals surface area contributed by atoms with Gasteiger partial charge >= 0.3 is 5.97 Å². The standard InChI is InChI=1S/C16H15NO4/c1-11(16(19)20)15-14(8-7-13(9-18)17-15)21-10-12-5-3-2-4-6-12/h2-8,18H,1,9-10H2,(H,19,20). The van der Waals surface area contributed by atoms with Gasteiger partial charge in [0.05, 0.1) is 17.9 Å². The van der Waals surface area contributed by atoms with Gasteiger partial charge in [0.15, 0.2) is 0 Å². The maximum Gasteiger partial charge on any atom is 0.337 e. The number of hydrogen-bond donors (Lipinski definition) is 2. The van der Waals surface area contributed by atoms with Crippen LogP contribution in [0.5, 0.6) is 5.75 Å². The molecule has 2 aromatic rings. The van der Waals surface area contributed by atoms with Crippen LogP contribution in [0, 0.1) is 0 Å². The number of aliphatic hydroxyl groups excluding tert-OH is 1. The second kappa shape index (κ2) is 6.67. The maximum absolute atomic E-state index is 11.1. The van der Waals surface area contributed by atoms with Crippen LogP contribution >= 0.6 is 0 Å². The number of benzene rings is 1. The number of carboxylic acid groups (broad SMARTS) is 1. The van der Waals surface area contributed by atoms with Crippen molar-refractivity contribution in [3.63, 3.8) is 0 Å². The van der Waals surface area contributed by atoms with Gasteiger partial charge in [0, 0.05) is 0 Å². The molecule has 0 aliphatic rings. The summed E-state index contributed by atoms with van der Waals surface area (Å²) in [6.07, 6.45) is 0. The monoisotopic (exact) mass is 285 g/mol. The van der Waals surface area contributed by atoms with E-state index in [4.69, 9.17) is 14.9 Å². The highest BCUT2D eigenvalue weighted by molar-refractivity contribution is 6.14. The van der Waals surface area contributed by atoms with Crippen molar-refractivity contribution in [3.05, 3.63) is 66.0 Å². The first-order valence-corrected chi connectivity index (χ1v) is 6.32. The second-order valence-corrected chi connectivity index (χ2v) is 4.37. The van der Waals surface area contributed by atoms with Gasteiger partial charge in [-0.25, -0.2) is 9.78 Å². The number of ether oxygens (including phenoxy) is 1. The topological polar surface area (TPSA) is 79.7 Å². The minimum Gasteiger partial charge on any atom is -0.487 e. The molecule has 1 heterocycles. The number of hydrogen-bond acceptors (Lipinski definition) is 4. The molecule has 108 valence electrons. The largest absolute Gasteiger partial charge is 0.487 e. The Labute approximate surface area is 122 Å². The Morgan fingerprint density at radius 3 is 2.52 bits per heavy atom. The number of carboxylic acids is 1. The van der Waals surface area contributed by atoms with E-state index < -0.39 is 5.97 Å². The Morgan fingerprint density at radius 2 is 1.90 bits per heavy atom. The average molecular weight is 285 g/mol. The molecule has 0 saturated heterocycles. The van der Waals surface area contributed by atoms with Gasteiger partial charge < -0.3 is 14.9 Å². The van der Waals surface area contributed by atoms with Crippen molar-refractivity contribution in [1.29, 1.82) is 0 Å². The predicted octanol–water partition coefficient (Wildman–Crippen LogP) is 2.25. The molecule has 0 fully saturated rings. The van der Waals surface area contributed by atoms with Crippen LogP contribution in [-0.4, -0.2) is 21.2 Å². The van der Waals surface area contributed by atoms with Gasteiger partial charge in [0.25, 0.3) is 0 Å². The van der Waals surface area contributed by atoms with Gasteiger partial charge in [-0.2, -0.15) is 0 Å². The first-order chi connectivity index (χ1) is 10.1. The van der Waals surface area contributed by atoms with E-state index in [1.807, 2.05) is 30.3 Å². The Morgan fingerprint density at radius 1 is 1.19 bits per heavy atom. The lowest BCUT2D eigenvalue weighted by molar-refractivity contribution is -0.130. The molecular formula is C16H15NO4. The van der Waals surface area contributed by atoms with Gasteiger partial charge in [-0.05, 0) is 17.7 Å². The van der Waals surface area contributed by atoms with E-state index in [2.05, 4.69) is 11.6 Å². The molecule has 0 amide bonds. The Balaban J connectivity index is 2.25. The molecule has 0 spiro atoms. The van der Waals surface area contributed by atoms with E-state index in [1.165, 1.54) is 0 Å². The van der Waals surface area contributed by atoms with Crippen LogP contribution in [0.4, 0.5) is 0 Å². The van der Waals surface area contributed by atoms with Gasteiger partial charge in [0.1, 0.15) is 18.1 Å². The first-order valence-electron chi connectivity index (χ1n) is 6.32. The summed E-state index contributed by atoms with van der Waals surface area (Å²) in [6.45, 7) is 3.51. The zero-order valence-corrected chi connectivity index (χ0v) is 11.3. The van der Waals surface area contributed by atoms with Crippen LogP contribution in [0.25, 0.3) is 5.57 Å². The number of aliphatic hydroxyl groups is 1. The fourth-order valence-corrected chi connectivity index (χ4v) is 1.74. The van der Waals surface area contributed by atoms with Gasteiger partial charge in [0.2, 0.25) is 0 Å². The van der Waals surface area contributed by atoms with Crippen molar-refractivity contribution >= 4 is 11.5 Å². The van der Waals surface area contributed by atoms with Crippen LogP contribution in [0.2, 0.25) is 0 Å². The fraction of sp³-hybridized carbons (Fsp3) is 0.125. The number of aliphatic carboxylic acids is 1. The Kier molecular flexibility index (Phi) is 4.68. The zero-order valence-electron chi connectivity index (χ0n) is 11.3. The molecule has 0 unspecified atom stereocenters. The molecule has 0 aliphatic heterocycles. The highest BCUT2D eigenvalue weighted by Crippen LogP contribution is 2.25. The SMILES string of the molecule is C=C(C(=O)O)c1nc(CO)ccc1OCc1ccccc1. The Bertz CT molecular complexity index is 653.